The second kappa shape index (κ2) is 14.8. The van der Waals surface area contributed by atoms with E-state index in [0.717, 1.165) is 0 Å². The van der Waals surface area contributed by atoms with Gasteiger partial charge in [0.25, 0.3) is 5.91 Å². The van der Waals surface area contributed by atoms with Crippen LogP contribution >= 0.6 is 0 Å². The Morgan fingerprint density at radius 1 is 0.980 bits per heavy atom. The molecule has 49 heavy (non-hydrogen) atoms. The highest BCUT2D eigenvalue weighted by Gasteiger charge is 2.40. The summed E-state index contributed by atoms with van der Waals surface area (Å²) in [4.78, 5) is 50.9. The fourth-order valence-corrected chi connectivity index (χ4v) is 6.75. The van der Waals surface area contributed by atoms with Crippen molar-refractivity contribution < 1.29 is 46.5 Å². The topological polar surface area (TPSA) is 128 Å². The van der Waals surface area contributed by atoms with E-state index in [1.807, 2.05) is 24.1 Å². The average molecular weight is 695 g/mol. The van der Waals surface area contributed by atoms with Gasteiger partial charge >= 0.3 is 12.3 Å². The van der Waals surface area contributed by atoms with Gasteiger partial charge in [-0.05, 0) is 63.4 Å². The number of nitrogens with one attached hydrogen (secondary N) is 1. The lowest BCUT2D eigenvalue weighted by molar-refractivity contribution is -0.123. The summed E-state index contributed by atoms with van der Waals surface area (Å²) in [6, 6.07) is 5.99. The first-order valence-electron chi connectivity index (χ1n) is 16.3. The van der Waals surface area contributed by atoms with Crippen LogP contribution in [-0.4, -0.2) is 132 Å². The van der Waals surface area contributed by atoms with Crippen LogP contribution in [0.25, 0.3) is 0 Å². The number of piperazine rings is 1. The summed E-state index contributed by atoms with van der Waals surface area (Å²) in [6.07, 6.45) is -5.67. The summed E-state index contributed by atoms with van der Waals surface area (Å²) >= 11 is 0. The van der Waals surface area contributed by atoms with Crippen molar-refractivity contribution >= 4 is 23.6 Å². The van der Waals surface area contributed by atoms with E-state index in [1.54, 1.807) is 13.8 Å². The summed E-state index contributed by atoms with van der Waals surface area (Å²) in [5.74, 6) is -1.95. The summed E-state index contributed by atoms with van der Waals surface area (Å²) in [5.41, 5.74) is 0.729. The Kier molecular flexibility index (Phi) is 11.0. The zero-order valence-corrected chi connectivity index (χ0v) is 27.9. The number of rotatable bonds is 8. The lowest BCUT2D eigenvalue weighted by Crippen LogP contribution is -2.65. The number of fused-ring (bicyclic) bond motifs is 1. The molecule has 0 bridgehead atoms. The standard InChI is InChI=1S/C33H42F4N6O6/c1-19-11-40(26(13-42(19)32(46)47)12-41-20(2)15-48-16-21(41)3)14-28(44)43-22(4)17-49-31-27(43)10-24(9-23-5-7-25(34)8-6-23)29(39-31)30(45)38-18-33(35,36)37/h5-8,10,19-22,26H,9,11-18H2,1-4H3,(H,38,45)(H,46,47)/t19-,20-,21-,22+,26+/m1/s1. The second-order valence-corrected chi connectivity index (χ2v) is 13.1. The predicted octanol–water partition coefficient (Wildman–Crippen LogP) is 3.38. The van der Waals surface area contributed by atoms with Crippen molar-refractivity contribution in [3.8, 4) is 5.88 Å². The zero-order valence-electron chi connectivity index (χ0n) is 27.9. The van der Waals surface area contributed by atoms with Crippen molar-refractivity contribution in [1.82, 2.24) is 25.0 Å². The maximum absolute atomic E-state index is 14.3. The molecule has 2 saturated heterocycles. The quantitative estimate of drug-likeness (QED) is 0.400. The molecular formula is C33H42F4N6O6. The number of carbonyl (C=O) groups is 3. The molecule has 268 valence electrons. The van der Waals surface area contributed by atoms with Crippen molar-refractivity contribution in [2.24, 2.45) is 0 Å². The summed E-state index contributed by atoms with van der Waals surface area (Å²) in [5, 5.41) is 11.8. The van der Waals surface area contributed by atoms with Crippen molar-refractivity contribution in [2.45, 2.75) is 70.5 Å². The van der Waals surface area contributed by atoms with Crippen LogP contribution in [0.2, 0.25) is 0 Å². The number of hydrogen-bond acceptors (Lipinski definition) is 8. The monoisotopic (exact) mass is 694 g/mol. The minimum Gasteiger partial charge on any atom is -0.474 e. The number of halogens is 4. The van der Waals surface area contributed by atoms with E-state index in [9.17, 15) is 37.1 Å². The molecule has 2 fully saturated rings. The van der Waals surface area contributed by atoms with Crippen LogP contribution in [0.1, 0.15) is 49.3 Å². The summed E-state index contributed by atoms with van der Waals surface area (Å²) in [7, 11) is 0. The Hall–Kier alpha value is -4.02. The number of anilines is 1. The molecule has 0 saturated carbocycles. The molecule has 1 aromatic heterocycles. The molecule has 5 atom stereocenters. The van der Waals surface area contributed by atoms with E-state index in [-0.39, 0.29) is 79.0 Å². The molecule has 12 nitrogen and oxygen atoms in total. The Morgan fingerprint density at radius 3 is 2.29 bits per heavy atom. The smallest absolute Gasteiger partial charge is 0.407 e. The third-order valence-corrected chi connectivity index (χ3v) is 9.26. The summed E-state index contributed by atoms with van der Waals surface area (Å²) in [6.45, 7) is 8.19. The molecule has 0 radical (unpaired) electrons. The van der Waals surface area contributed by atoms with Gasteiger partial charge in [0.05, 0.1) is 25.8 Å². The second-order valence-electron chi connectivity index (χ2n) is 13.1. The van der Waals surface area contributed by atoms with Crippen molar-refractivity contribution in [1.29, 1.82) is 0 Å². The predicted molar refractivity (Wildman–Crippen MR) is 170 cm³/mol. The van der Waals surface area contributed by atoms with E-state index >= 15 is 0 Å². The normalized spacial score (nSPS) is 25.0. The van der Waals surface area contributed by atoms with Crippen LogP contribution in [0.4, 0.5) is 28.0 Å². The molecule has 5 rings (SSSR count). The van der Waals surface area contributed by atoms with E-state index in [2.05, 4.69) is 9.88 Å². The number of morpholine rings is 1. The average Bonchev–Trinajstić information content (AvgIpc) is 3.02. The molecule has 16 heteroatoms. The fourth-order valence-electron chi connectivity index (χ4n) is 6.75. The highest BCUT2D eigenvalue weighted by molar-refractivity contribution is 5.99. The number of carboxylic acid groups (broad SMARTS) is 1. The van der Waals surface area contributed by atoms with Gasteiger partial charge < -0.3 is 29.7 Å². The van der Waals surface area contributed by atoms with Gasteiger partial charge in [0, 0.05) is 43.8 Å². The Balaban J connectivity index is 1.45. The lowest BCUT2D eigenvalue weighted by atomic mass is 10.0. The SMILES string of the molecule is C[C@@H]1CN(CC(=O)N2c3cc(Cc4ccc(F)cc4)c(C(=O)NCC(F)(F)F)nc3OC[C@@H]2C)[C@@H](CN2[C@H](C)COC[C@H]2C)CN1C(=O)O. The first-order chi connectivity index (χ1) is 23.1. The van der Waals surface area contributed by atoms with Gasteiger partial charge in [-0.2, -0.15) is 13.2 Å². The van der Waals surface area contributed by atoms with Crippen LogP contribution in [0.15, 0.2) is 30.3 Å². The molecule has 2 N–H and O–H groups in total. The molecule has 3 aliphatic rings. The number of nitrogens with zero attached hydrogens (tertiary/aromatic N) is 5. The number of pyridine rings is 1. The zero-order chi connectivity index (χ0) is 35.6. The van der Waals surface area contributed by atoms with Crippen LogP contribution in [0.3, 0.4) is 0 Å². The molecule has 4 heterocycles. The van der Waals surface area contributed by atoms with Crippen molar-refractivity contribution in [2.75, 3.05) is 57.4 Å². The number of ether oxygens (including phenoxy) is 2. The minimum atomic E-state index is -4.65. The van der Waals surface area contributed by atoms with Gasteiger partial charge in [0.1, 0.15) is 30.4 Å². The molecule has 3 aliphatic heterocycles. The van der Waals surface area contributed by atoms with Crippen molar-refractivity contribution in [3.05, 3.63) is 53.0 Å². The van der Waals surface area contributed by atoms with Gasteiger partial charge in [0.2, 0.25) is 11.8 Å². The molecular weight excluding hydrogens is 652 g/mol. The molecule has 0 spiro atoms. The molecule has 0 unspecified atom stereocenters. The maximum atomic E-state index is 14.3. The Bertz CT molecular complexity index is 1520. The number of benzene rings is 1. The molecule has 0 aliphatic carbocycles. The van der Waals surface area contributed by atoms with Crippen molar-refractivity contribution in [3.63, 3.8) is 0 Å². The van der Waals surface area contributed by atoms with Crippen LogP contribution in [-0.2, 0) is 16.0 Å². The van der Waals surface area contributed by atoms with Crippen LogP contribution in [0, 0.1) is 5.82 Å². The minimum absolute atomic E-state index is 0.0123. The maximum Gasteiger partial charge on any atom is 0.407 e. The van der Waals surface area contributed by atoms with Gasteiger partial charge in [-0.25, -0.2) is 14.2 Å². The fraction of sp³-hybridized carbons (Fsp3) is 0.576. The highest BCUT2D eigenvalue weighted by Crippen LogP contribution is 2.36. The number of alkyl halides is 3. The number of amides is 3. The number of carbonyl (C=O) groups excluding carboxylic acids is 2. The number of hydrogen-bond donors (Lipinski definition) is 2. The third kappa shape index (κ3) is 8.59. The van der Waals surface area contributed by atoms with E-state index in [0.29, 0.717) is 31.9 Å². The lowest BCUT2D eigenvalue weighted by Gasteiger charge is -2.48. The van der Waals surface area contributed by atoms with Gasteiger partial charge in [0.15, 0.2) is 0 Å². The van der Waals surface area contributed by atoms with Crippen LogP contribution < -0.4 is 15.0 Å². The number of aromatic nitrogens is 1. The van der Waals surface area contributed by atoms with Gasteiger partial charge in [-0.3, -0.25) is 19.4 Å². The van der Waals surface area contributed by atoms with Gasteiger partial charge in [-0.15, -0.1) is 0 Å². The van der Waals surface area contributed by atoms with Gasteiger partial charge in [-0.1, -0.05) is 12.1 Å². The van der Waals surface area contributed by atoms with E-state index < -0.39 is 36.6 Å². The third-order valence-electron chi connectivity index (χ3n) is 9.26. The molecule has 3 amide bonds. The Labute approximate surface area is 281 Å². The highest BCUT2D eigenvalue weighted by atomic mass is 19.4. The first-order valence-corrected chi connectivity index (χ1v) is 16.3. The summed E-state index contributed by atoms with van der Waals surface area (Å²) < 4.78 is 64.0. The largest absolute Gasteiger partial charge is 0.474 e. The van der Waals surface area contributed by atoms with E-state index in [4.69, 9.17) is 9.47 Å². The Morgan fingerprint density at radius 2 is 1.65 bits per heavy atom. The van der Waals surface area contributed by atoms with E-state index in [1.165, 1.54) is 40.1 Å². The first kappa shape index (κ1) is 36.3. The molecule has 2 aromatic rings. The van der Waals surface area contributed by atoms with Crippen LogP contribution in [0.5, 0.6) is 5.88 Å². The molecule has 1 aromatic carbocycles.